The summed E-state index contributed by atoms with van der Waals surface area (Å²) in [5, 5.41) is 14.8. The zero-order valence-electron chi connectivity index (χ0n) is 20.1. The Bertz CT molecular complexity index is 1280. The van der Waals surface area contributed by atoms with Crippen LogP contribution in [0.5, 0.6) is 11.5 Å². The van der Waals surface area contributed by atoms with Crippen molar-refractivity contribution in [1.82, 2.24) is 14.9 Å². The lowest BCUT2D eigenvalue weighted by Gasteiger charge is -2.29. The fourth-order valence-electron chi connectivity index (χ4n) is 4.15. The van der Waals surface area contributed by atoms with Gasteiger partial charge in [-0.15, -0.1) is 0 Å². The number of hydrogen-bond donors (Lipinski definition) is 1. The highest BCUT2D eigenvalue weighted by Crippen LogP contribution is 2.37. The molecule has 2 aromatic carbocycles. The molecule has 0 unspecified atom stereocenters. The molecule has 1 aliphatic rings. The number of hydrogen-bond acceptors (Lipinski definition) is 8. The second-order valence-electron chi connectivity index (χ2n) is 8.76. The highest BCUT2D eigenvalue weighted by molar-refractivity contribution is 5.91. The lowest BCUT2D eigenvalue weighted by atomic mass is 10.1. The van der Waals surface area contributed by atoms with Gasteiger partial charge >= 0.3 is 6.18 Å². The number of methoxy groups -OCH3 is 1. The van der Waals surface area contributed by atoms with E-state index in [1.54, 1.807) is 19.1 Å². The molecule has 1 aromatic heterocycles. The molecule has 36 heavy (non-hydrogen) atoms. The van der Waals surface area contributed by atoms with E-state index in [0.717, 1.165) is 38.1 Å². The molecule has 12 heteroatoms. The molecule has 0 atom stereocenters. The molecule has 0 saturated carbocycles. The minimum absolute atomic E-state index is 0.0148. The van der Waals surface area contributed by atoms with Gasteiger partial charge in [0.1, 0.15) is 17.7 Å². The molecule has 1 saturated heterocycles. The largest absolute Gasteiger partial charge is 0.493 e. The summed E-state index contributed by atoms with van der Waals surface area (Å²) in [6, 6.07) is 5.99. The molecular weight excluding hydrogens is 479 g/mol. The number of aryl methyl sites for hydroxylation is 1. The molecule has 4 rings (SSSR count). The number of rotatable bonds is 7. The molecule has 0 spiro atoms. The molecule has 2 heterocycles. The number of aromatic nitrogens is 2. The van der Waals surface area contributed by atoms with Crippen molar-refractivity contribution in [2.45, 2.75) is 38.6 Å². The maximum Gasteiger partial charge on any atom is 0.416 e. The Labute approximate surface area is 205 Å². The topological polar surface area (TPSA) is 103 Å². The molecular formula is C24H26F3N5O4. The first-order chi connectivity index (χ1) is 17.0. The number of likely N-dealkylation sites (tertiary alicyclic amines) is 1. The van der Waals surface area contributed by atoms with Crippen molar-refractivity contribution in [3.63, 3.8) is 0 Å². The quantitative estimate of drug-likeness (QED) is 0.355. The summed E-state index contributed by atoms with van der Waals surface area (Å²) in [6.45, 7) is 3.40. The Morgan fingerprint density at radius 2 is 1.86 bits per heavy atom. The SMILES string of the molecule is COc1cc2nc(C)nc(NCc3cc([N+](=O)[O-])cc(C(F)(F)F)c3)c2cc1OC1CCN(C)CC1. The van der Waals surface area contributed by atoms with Crippen molar-refractivity contribution < 1.29 is 27.6 Å². The van der Waals surface area contributed by atoms with Crippen LogP contribution in [0.1, 0.15) is 29.8 Å². The molecule has 1 fully saturated rings. The van der Waals surface area contributed by atoms with Gasteiger partial charge in [-0.2, -0.15) is 13.2 Å². The van der Waals surface area contributed by atoms with Gasteiger partial charge < -0.3 is 19.7 Å². The zero-order chi connectivity index (χ0) is 26.0. The minimum Gasteiger partial charge on any atom is -0.493 e. The highest BCUT2D eigenvalue weighted by atomic mass is 19.4. The van der Waals surface area contributed by atoms with Crippen LogP contribution in [0.3, 0.4) is 0 Å². The normalized spacial score (nSPS) is 15.2. The summed E-state index contributed by atoms with van der Waals surface area (Å²) in [5.41, 5.74) is -1.07. The third-order valence-electron chi connectivity index (χ3n) is 6.03. The van der Waals surface area contributed by atoms with Crippen molar-refractivity contribution >= 4 is 22.4 Å². The fourth-order valence-corrected chi connectivity index (χ4v) is 4.15. The van der Waals surface area contributed by atoms with Crippen LogP contribution >= 0.6 is 0 Å². The number of halogens is 3. The van der Waals surface area contributed by atoms with Gasteiger partial charge in [0.05, 0.1) is 23.1 Å². The highest BCUT2D eigenvalue weighted by Gasteiger charge is 2.32. The summed E-state index contributed by atoms with van der Waals surface area (Å²) in [6.07, 6.45) is -2.97. The van der Waals surface area contributed by atoms with Gasteiger partial charge in [0.2, 0.25) is 0 Å². The van der Waals surface area contributed by atoms with E-state index in [0.29, 0.717) is 40.1 Å². The van der Waals surface area contributed by atoms with Crippen LogP contribution in [-0.4, -0.2) is 53.1 Å². The van der Waals surface area contributed by atoms with Gasteiger partial charge in [0.25, 0.3) is 5.69 Å². The maximum atomic E-state index is 13.3. The Morgan fingerprint density at radius 3 is 2.50 bits per heavy atom. The fraction of sp³-hybridized carbons (Fsp3) is 0.417. The average Bonchev–Trinajstić information content (AvgIpc) is 2.83. The Morgan fingerprint density at radius 1 is 1.14 bits per heavy atom. The molecule has 0 amide bonds. The molecule has 1 N–H and O–H groups in total. The predicted octanol–water partition coefficient (Wildman–Crippen LogP) is 4.96. The van der Waals surface area contributed by atoms with Gasteiger partial charge in [-0.25, -0.2) is 9.97 Å². The molecule has 192 valence electrons. The van der Waals surface area contributed by atoms with Crippen molar-refractivity contribution in [1.29, 1.82) is 0 Å². The van der Waals surface area contributed by atoms with E-state index in [2.05, 4.69) is 27.2 Å². The number of nitro groups is 1. The van der Waals surface area contributed by atoms with Crippen LogP contribution in [0.4, 0.5) is 24.7 Å². The number of alkyl halides is 3. The van der Waals surface area contributed by atoms with Crippen LogP contribution in [-0.2, 0) is 12.7 Å². The molecule has 0 bridgehead atoms. The monoisotopic (exact) mass is 505 g/mol. The van der Waals surface area contributed by atoms with E-state index in [4.69, 9.17) is 9.47 Å². The van der Waals surface area contributed by atoms with Gasteiger partial charge in [-0.3, -0.25) is 10.1 Å². The van der Waals surface area contributed by atoms with Crippen molar-refractivity contribution in [3.8, 4) is 11.5 Å². The summed E-state index contributed by atoms with van der Waals surface area (Å²) >= 11 is 0. The van der Waals surface area contributed by atoms with Crippen LogP contribution in [0.2, 0.25) is 0 Å². The van der Waals surface area contributed by atoms with Crippen molar-refractivity contribution in [2.24, 2.45) is 0 Å². The minimum atomic E-state index is -4.71. The van der Waals surface area contributed by atoms with E-state index in [9.17, 15) is 23.3 Å². The first-order valence-corrected chi connectivity index (χ1v) is 11.3. The van der Waals surface area contributed by atoms with Crippen LogP contribution in [0.25, 0.3) is 10.9 Å². The summed E-state index contributed by atoms with van der Waals surface area (Å²) in [4.78, 5) is 21.4. The lowest BCUT2D eigenvalue weighted by Crippen LogP contribution is -2.35. The zero-order valence-corrected chi connectivity index (χ0v) is 20.1. The number of nitrogens with one attached hydrogen (secondary N) is 1. The van der Waals surface area contributed by atoms with Gasteiger partial charge in [0, 0.05) is 43.2 Å². The summed E-state index contributed by atoms with van der Waals surface area (Å²) in [5.74, 6) is 1.84. The third kappa shape index (κ3) is 5.76. The first kappa shape index (κ1) is 25.4. The van der Waals surface area contributed by atoms with Crippen LogP contribution in [0, 0.1) is 17.0 Å². The van der Waals surface area contributed by atoms with E-state index < -0.39 is 22.4 Å². The molecule has 0 radical (unpaired) electrons. The predicted molar refractivity (Wildman–Crippen MR) is 127 cm³/mol. The Hall–Kier alpha value is -3.67. The molecule has 3 aromatic rings. The second-order valence-corrected chi connectivity index (χ2v) is 8.76. The van der Waals surface area contributed by atoms with Gasteiger partial charge in [-0.05, 0) is 44.5 Å². The van der Waals surface area contributed by atoms with E-state index in [-0.39, 0.29) is 18.2 Å². The maximum absolute atomic E-state index is 13.3. The third-order valence-corrected chi connectivity index (χ3v) is 6.03. The number of piperidine rings is 1. The number of anilines is 1. The Kier molecular flexibility index (Phi) is 7.16. The van der Waals surface area contributed by atoms with Crippen molar-refractivity contribution in [2.75, 3.05) is 32.6 Å². The van der Waals surface area contributed by atoms with Gasteiger partial charge in [-0.1, -0.05) is 0 Å². The standard InChI is InChI=1S/C24H26F3N5O4/c1-14-29-20-12-21(35-3)22(36-18-4-6-31(2)7-5-18)11-19(20)23(30-14)28-13-15-8-16(24(25,26)27)10-17(9-15)32(33)34/h8-12,18H,4-7,13H2,1-3H3,(H,28,29,30). The lowest BCUT2D eigenvalue weighted by molar-refractivity contribution is -0.385. The van der Waals surface area contributed by atoms with Gasteiger partial charge in [0.15, 0.2) is 11.5 Å². The van der Waals surface area contributed by atoms with E-state index in [1.807, 2.05) is 0 Å². The molecule has 0 aliphatic carbocycles. The number of nitro benzene ring substituents is 1. The second kappa shape index (κ2) is 10.1. The van der Waals surface area contributed by atoms with Crippen LogP contribution in [0.15, 0.2) is 30.3 Å². The van der Waals surface area contributed by atoms with E-state index >= 15 is 0 Å². The average molecular weight is 505 g/mol. The summed E-state index contributed by atoms with van der Waals surface area (Å²) < 4.78 is 51.6. The number of ether oxygens (including phenoxy) is 2. The van der Waals surface area contributed by atoms with Crippen molar-refractivity contribution in [3.05, 3.63) is 57.4 Å². The number of non-ortho nitro benzene ring substituents is 1. The number of fused-ring (bicyclic) bond motifs is 1. The van der Waals surface area contributed by atoms with E-state index in [1.165, 1.54) is 7.11 Å². The number of nitrogens with zero attached hydrogens (tertiary/aromatic N) is 4. The molecule has 9 nitrogen and oxygen atoms in total. The number of benzene rings is 2. The van der Waals surface area contributed by atoms with Crippen LogP contribution < -0.4 is 14.8 Å². The molecule has 1 aliphatic heterocycles. The smallest absolute Gasteiger partial charge is 0.416 e. The summed E-state index contributed by atoms with van der Waals surface area (Å²) in [7, 11) is 3.60. The first-order valence-electron chi connectivity index (χ1n) is 11.3. The Balaban J connectivity index is 1.66.